The number of hydrogen-bond acceptors (Lipinski definition) is 5. The number of carboxylic acids is 1. The number of sulfonamides is 1. The summed E-state index contributed by atoms with van der Waals surface area (Å²) in [5, 5.41) is 8.53. The fourth-order valence-corrected chi connectivity index (χ4v) is 3.37. The summed E-state index contributed by atoms with van der Waals surface area (Å²) in [7, 11) is -3.71. The molecule has 2 aliphatic rings. The minimum Gasteiger partial charge on any atom is -0.480 e. The number of carbonyl (C=O) groups is 1. The van der Waals surface area contributed by atoms with Crippen LogP contribution in [0.4, 0.5) is 0 Å². The molecule has 2 fully saturated rings. The lowest BCUT2D eigenvalue weighted by molar-refractivity contribution is -0.179. The fraction of sp³-hybridized carbons (Fsp3) is 0.889. The molecule has 0 aromatic rings. The monoisotopic (exact) mass is 265 g/mol. The van der Waals surface area contributed by atoms with Gasteiger partial charge in [-0.15, -0.1) is 0 Å². The van der Waals surface area contributed by atoms with Crippen LogP contribution in [0.15, 0.2) is 0 Å². The molecular weight excluding hydrogens is 250 g/mol. The van der Waals surface area contributed by atoms with E-state index in [0.717, 1.165) is 0 Å². The molecule has 0 atom stereocenters. The van der Waals surface area contributed by atoms with Gasteiger partial charge in [-0.05, 0) is 0 Å². The van der Waals surface area contributed by atoms with E-state index < -0.39 is 27.5 Å². The summed E-state index contributed by atoms with van der Waals surface area (Å²) >= 11 is 0. The van der Waals surface area contributed by atoms with E-state index in [2.05, 4.69) is 0 Å². The molecule has 98 valence electrons. The van der Waals surface area contributed by atoms with Gasteiger partial charge in [-0.2, -0.15) is 0 Å². The molecule has 8 heteroatoms. The standard InChI is InChI=1S/C9H15NO6S/c11-8(12)7-17(13,14)10-3-1-9(2-4-10)15-5-6-16-9/h1-7H2,(H,11,12). The second kappa shape index (κ2) is 4.52. The maximum Gasteiger partial charge on any atom is 0.320 e. The smallest absolute Gasteiger partial charge is 0.320 e. The Morgan fingerprint density at radius 3 is 2.24 bits per heavy atom. The summed E-state index contributed by atoms with van der Waals surface area (Å²) in [6.07, 6.45) is 0.900. The van der Waals surface area contributed by atoms with Crippen molar-refractivity contribution in [3.8, 4) is 0 Å². The first-order valence-corrected chi connectivity index (χ1v) is 7.02. The second-order valence-corrected chi connectivity index (χ2v) is 6.13. The first-order valence-electron chi connectivity index (χ1n) is 5.41. The highest BCUT2D eigenvalue weighted by Gasteiger charge is 2.42. The normalized spacial score (nSPS) is 25.2. The van der Waals surface area contributed by atoms with Gasteiger partial charge in [0.25, 0.3) is 0 Å². The highest BCUT2D eigenvalue weighted by atomic mass is 32.2. The molecule has 0 aromatic heterocycles. The Morgan fingerprint density at radius 1 is 1.24 bits per heavy atom. The minimum absolute atomic E-state index is 0.246. The van der Waals surface area contributed by atoms with Crippen LogP contribution < -0.4 is 0 Å². The van der Waals surface area contributed by atoms with E-state index in [0.29, 0.717) is 26.1 Å². The Kier molecular flexibility index (Phi) is 3.39. The van der Waals surface area contributed by atoms with E-state index in [1.165, 1.54) is 4.31 Å². The summed E-state index contributed by atoms with van der Waals surface area (Å²) in [6.45, 7) is 1.55. The van der Waals surface area contributed by atoms with E-state index in [1.54, 1.807) is 0 Å². The van der Waals surface area contributed by atoms with E-state index in [1.807, 2.05) is 0 Å². The third kappa shape index (κ3) is 2.76. The highest BCUT2D eigenvalue weighted by Crippen LogP contribution is 2.32. The average molecular weight is 265 g/mol. The van der Waals surface area contributed by atoms with Crippen molar-refractivity contribution in [2.45, 2.75) is 18.6 Å². The van der Waals surface area contributed by atoms with Crippen LogP contribution in [-0.4, -0.2) is 61.6 Å². The van der Waals surface area contributed by atoms with Crippen LogP contribution >= 0.6 is 0 Å². The number of aliphatic carboxylic acids is 1. The van der Waals surface area contributed by atoms with Crippen molar-refractivity contribution in [3.05, 3.63) is 0 Å². The molecule has 0 unspecified atom stereocenters. The zero-order valence-electron chi connectivity index (χ0n) is 9.29. The first-order chi connectivity index (χ1) is 7.94. The largest absolute Gasteiger partial charge is 0.480 e. The molecule has 0 radical (unpaired) electrons. The van der Waals surface area contributed by atoms with E-state index in [-0.39, 0.29) is 13.1 Å². The third-order valence-corrected chi connectivity index (χ3v) is 4.76. The molecule has 2 aliphatic heterocycles. The number of rotatable bonds is 3. The summed E-state index contributed by atoms with van der Waals surface area (Å²) in [6, 6.07) is 0. The molecule has 0 saturated carbocycles. The molecular formula is C9H15NO6S. The van der Waals surface area contributed by atoms with Crippen molar-refractivity contribution in [3.63, 3.8) is 0 Å². The number of hydrogen-bond donors (Lipinski definition) is 1. The fourth-order valence-electron chi connectivity index (χ4n) is 2.14. The Balaban J connectivity index is 1.96. The number of ether oxygens (including phenoxy) is 2. The van der Waals surface area contributed by atoms with Crippen molar-refractivity contribution < 1.29 is 27.8 Å². The molecule has 1 spiro atoms. The van der Waals surface area contributed by atoms with Gasteiger partial charge in [0.1, 0.15) is 0 Å². The summed E-state index contributed by atoms with van der Waals surface area (Å²) in [5.41, 5.74) is 0. The second-order valence-electron chi connectivity index (χ2n) is 4.16. The molecule has 1 N–H and O–H groups in total. The third-order valence-electron chi connectivity index (χ3n) is 3.00. The molecule has 0 bridgehead atoms. The van der Waals surface area contributed by atoms with Gasteiger partial charge in [0, 0.05) is 25.9 Å². The van der Waals surface area contributed by atoms with Crippen molar-refractivity contribution in [1.29, 1.82) is 0 Å². The van der Waals surface area contributed by atoms with Gasteiger partial charge in [-0.25, -0.2) is 12.7 Å². The van der Waals surface area contributed by atoms with E-state index in [4.69, 9.17) is 14.6 Å². The van der Waals surface area contributed by atoms with Crippen molar-refractivity contribution >= 4 is 16.0 Å². The molecule has 2 saturated heterocycles. The number of piperidine rings is 1. The maximum absolute atomic E-state index is 11.7. The highest BCUT2D eigenvalue weighted by molar-refractivity contribution is 7.89. The van der Waals surface area contributed by atoms with Gasteiger partial charge in [-0.3, -0.25) is 4.79 Å². The van der Waals surface area contributed by atoms with E-state index >= 15 is 0 Å². The van der Waals surface area contributed by atoms with Crippen LogP contribution in [0.5, 0.6) is 0 Å². The van der Waals surface area contributed by atoms with Crippen molar-refractivity contribution in [1.82, 2.24) is 4.31 Å². The molecule has 2 heterocycles. The van der Waals surface area contributed by atoms with Gasteiger partial charge in [0.2, 0.25) is 10.0 Å². The van der Waals surface area contributed by atoms with Gasteiger partial charge in [-0.1, -0.05) is 0 Å². The lowest BCUT2D eigenvalue weighted by atomic mass is 10.1. The average Bonchev–Trinajstić information content (AvgIpc) is 2.65. The van der Waals surface area contributed by atoms with Gasteiger partial charge in [0.05, 0.1) is 13.2 Å². The Labute approximate surface area is 99.4 Å². The van der Waals surface area contributed by atoms with Gasteiger partial charge in [0.15, 0.2) is 11.5 Å². The molecule has 17 heavy (non-hydrogen) atoms. The predicted molar refractivity (Wildman–Crippen MR) is 56.9 cm³/mol. The Morgan fingerprint density at radius 2 is 1.76 bits per heavy atom. The zero-order chi connectivity index (χ0) is 12.5. The first kappa shape index (κ1) is 12.7. The quantitative estimate of drug-likeness (QED) is 0.721. The van der Waals surface area contributed by atoms with Crippen molar-refractivity contribution in [2.24, 2.45) is 0 Å². The summed E-state index contributed by atoms with van der Waals surface area (Å²) in [4.78, 5) is 10.5. The van der Waals surface area contributed by atoms with Crippen LogP contribution in [0.25, 0.3) is 0 Å². The molecule has 0 aromatic carbocycles. The number of carboxylic acid groups (broad SMARTS) is 1. The van der Waals surface area contributed by atoms with Crippen LogP contribution in [0.3, 0.4) is 0 Å². The lowest BCUT2D eigenvalue weighted by Gasteiger charge is -2.36. The molecule has 2 rings (SSSR count). The van der Waals surface area contributed by atoms with Crippen molar-refractivity contribution in [2.75, 3.05) is 32.1 Å². The van der Waals surface area contributed by atoms with Gasteiger partial charge < -0.3 is 14.6 Å². The summed E-state index contributed by atoms with van der Waals surface area (Å²) < 4.78 is 35.4. The molecule has 0 aliphatic carbocycles. The maximum atomic E-state index is 11.7. The minimum atomic E-state index is -3.71. The van der Waals surface area contributed by atoms with Gasteiger partial charge >= 0.3 is 5.97 Å². The topological polar surface area (TPSA) is 93.1 Å². The van der Waals surface area contributed by atoms with Crippen LogP contribution in [-0.2, 0) is 24.3 Å². The van der Waals surface area contributed by atoms with Crippen LogP contribution in [0.2, 0.25) is 0 Å². The molecule has 7 nitrogen and oxygen atoms in total. The predicted octanol–water partition coefficient (Wildman–Crippen LogP) is -0.760. The molecule has 0 amide bonds. The lowest BCUT2D eigenvalue weighted by Crippen LogP contribution is -2.48. The van der Waals surface area contributed by atoms with Crippen LogP contribution in [0, 0.1) is 0 Å². The Bertz CT molecular complexity index is 390. The Hall–Kier alpha value is -0.700. The van der Waals surface area contributed by atoms with Crippen LogP contribution in [0.1, 0.15) is 12.8 Å². The SMILES string of the molecule is O=C(O)CS(=O)(=O)N1CCC2(CC1)OCCO2. The number of nitrogens with zero attached hydrogens (tertiary/aromatic N) is 1. The zero-order valence-corrected chi connectivity index (χ0v) is 10.1. The summed E-state index contributed by atoms with van der Waals surface area (Å²) in [5.74, 6) is -2.84. The van der Waals surface area contributed by atoms with E-state index in [9.17, 15) is 13.2 Å².